The number of thioether (sulfide) groups is 1. The summed E-state index contributed by atoms with van der Waals surface area (Å²) in [7, 11) is 0. The Labute approximate surface area is 216 Å². The summed E-state index contributed by atoms with van der Waals surface area (Å²) in [6, 6.07) is 12.7. The highest BCUT2D eigenvalue weighted by atomic mass is 32.2. The minimum atomic E-state index is 0.00993. The molecule has 0 bridgehead atoms. The van der Waals surface area contributed by atoms with E-state index < -0.39 is 0 Å². The number of aromatic hydroxyl groups is 1. The van der Waals surface area contributed by atoms with Crippen molar-refractivity contribution < 1.29 is 14.6 Å². The predicted octanol–water partition coefficient (Wildman–Crippen LogP) is 9.12. The lowest BCUT2D eigenvalue weighted by molar-refractivity contribution is 0.108. The summed E-state index contributed by atoms with van der Waals surface area (Å²) in [4.78, 5) is 16.9. The lowest BCUT2D eigenvalue weighted by Crippen LogP contribution is -1.97. The Balaban J connectivity index is 1.74. The van der Waals surface area contributed by atoms with Gasteiger partial charge in [-0.1, -0.05) is 89.8 Å². The van der Waals surface area contributed by atoms with Crippen molar-refractivity contribution in [3.63, 3.8) is 0 Å². The third-order valence-electron chi connectivity index (χ3n) is 5.95. The van der Waals surface area contributed by atoms with E-state index in [-0.39, 0.29) is 10.9 Å². The van der Waals surface area contributed by atoms with Gasteiger partial charge in [-0.3, -0.25) is 9.79 Å². The van der Waals surface area contributed by atoms with Crippen LogP contribution >= 0.6 is 11.8 Å². The van der Waals surface area contributed by atoms with Crippen molar-refractivity contribution in [2.45, 2.75) is 90.9 Å². The summed E-state index contributed by atoms with van der Waals surface area (Å²) in [6.07, 6.45) is 16.4. The van der Waals surface area contributed by atoms with E-state index in [0.29, 0.717) is 11.1 Å². The lowest BCUT2D eigenvalue weighted by Gasteiger charge is -2.06. The van der Waals surface area contributed by atoms with Crippen LogP contribution in [0, 0.1) is 0 Å². The molecule has 0 saturated carbocycles. The summed E-state index contributed by atoms with van der Waals surface area (Å²) < 4.78 is 5.79. The number of aliphatic imine (C=N–C) groups is 1. The fourth-order valence-corrected chi connectivity index (χ4v) is 4.58. The fraction of sp³-hybridized carbons (Fsp3) is 0.533. The molecule has 0 aromatic heterocycles. The van der Waals surface area contributed by atoms with Crippen molar-refractivity contribution in [1.29, 1.82) is 0 Å². The number of ether oxygens (including phenoxy) is 1. The van der Waals surface area contributed by atoms with Crippen molar-refractivity contribution in [1.82, 2.24) is 0 Å². The molecule has 1 N–H and O–H groups in total. The first-order valence-electron chi connectivity index (χ1n) is 13.4. The van der Waals surface area contributed by atoms with Gasteiger partial charge in [0.15, 0.2) is 0 Å². The minimum Gasteiger partial charge on any atom is -0.507 e. The number of phenolic OH excluding ortho intramolecular Hbond substituents is 1. The van der Waals surface area contributed by atoms with Crippen molar-refractivity contribution in [3.05, 3.63) is 53.6 Å². The van der Waals surface area contributed by atoms with Gasteiger partial charge in [-0.15, -0.1) is 0 Å². The molecule has 0 unspecified atom stereocenters. The number of rotatable bonds is 18. The maximum atomic E-state index is 12.4. The second-order valence-corrected chi connectivity index (χ2v) is 10.1. The summed E-state index contributed by atoms with van der Waals surface area (Å²) in [6.45, 7) is 5.18. The van der Waals surface area contributed by atoms with Crippen molar-refractivity contribution >= 4 is 28.8 Å². The number of nitrogens with zero attached hydrogens (tertiary/aromatic N) is 1. The van der Waals surface area contributed by atoms with E-state index in [1.807, 2.05) is 24.3 Å². The first kappa shape index (κ1) is 29.0. The largest absolute Gasteiger partial charge is 0.507 e. The zero-order valence-corrected chi connectivity index (χ0v) is 22.5. The van der Waals surface area contributed by atoms with E-state index in [2.05, 4.69) is 18.8 Å². The van der Waals surface area contributed by atoms with Crippen LogP contribution in [0.15, 0.2) is 47.5 Å². The molecule has 192 valence electrons. The highest BCUT2D eigenvalue weighted by Crippen LogP contribution is 2.23. The Bertz CT molecular complexity index is 880. The van der Waals surface area contributed by atoms with Crippen molar-refractivity contribution in [3.8, 4) is 11.5 Å². The third kappa shape index (κ3) is 12.3. The van der Waals surface area contributed by atoms with E-state index >= 15 is 0 Å². The maximum Gasteiger partial charge on any atom is 0.219 e. The number of unbranched alkanes of at least 4 members (excludes halogenated alkanes) is 10. The van der Waals surface area contributed by atoms with E-state index in [1.54, 1.807) is 24.4 Å². The SMILES string of the molecule is CCCCCCCCCSC(=O)c1ccc(C=Nc2ccc(OCCCCCCC)cc2)c(O)c1. The summed E-state index contributed by atoms with van der Waals surface area (Å²) in [5.41, 5.74) is 1.90. The molecule has 35 heavy (non-hydrogen) atoms. The molecule has 2 aromatic rings. The highest BCUT2D eigenvalue weighted by molar-refractivity contribution is 8.14. The number of hydrogen-bond donors (Lipinski definition) is 1. The smallest absolute Gasteiger partial charge is 0.219 e. The molecule has 0 aliphatic heterocycles. The quantitative estimate of drug-likeness (QED) is 0.165. The first-order chi connectivity index (χ1) is 17.1. The normalized spacial score (nSPS) is 11.3. The van der Waals surface area contributed by atoms with Gasteiger partial charge in [0, 0.05) is 23.1 Å². The molecule has 0 radical (unpaired) electrons. The third-order valence-corrected chi connectivity index (χ3v) is 6.94. The van der Waals surface area contributed by atoms with Crippen LogP contribution in [-0.2, 0) is 0 Å². The molecule has 0 amide bonds. The highest BCUT2D eigenvalue weighted by Gasteiger charge is 2.09. The molecule has 0 aliphatic carbocycles. The van der Waals surface area contributed by atoms with E-state index in [4.69, 9.17) is 4.74 Å². The lowest BCUT2D eigenvalue weighted by atomic mass is 10.1. The maximum absolute atomic E-state index is 12.4. The number of benzene rings is 2. The van der Waals surface area contributed by atoms with Gasteiger partial charge in [0.25, 0.3) is 0 Å². The molecule has 2 aromatic carbocycles. The predicted molar refractivity (Wildman–Crippen MR) is 151 cm³/mol. The summed E-state index contributed by atoms with van der Waals surface area (Å²) in [5.74, 6) is 1.74. The van der Waals surface area contributed by atoms with E-state index in [9.17, 15) is 9.90 Å². The molecule has 0 heterocycles. The van der Waals surface area contributed by atoms with Gasteiger partial charge < -0.3 is 9.84 Å². The van der Waals surface area contributed by atoms with Gasteiger partial charge in [-0.2, -0.15) is 0 Å². The van der Waals surface area contributed by atoms with Crippen LogP contribution in [0.1, 0.15) is 107 Å². The minimum absolute atomic E-state index is 0.00993. The Hall–Kier alpha value is -2.27. The monoisotopic (exact) mass is 497 g/mol. The molecule has 0 spiro atoms. The molecular weight excluding hydrogens is 454 g/mol. The zero-order chi connectivity index (χ0) is 25.1. The summed E-state index contributed by atoms with van der Waals surface area (Å²) >= 11 is 1.34. The van der Waals surface area contributed by atoms with Crippen molar-refractivity contribution in [2.24, 2.45) is 4.99 Å². The molecule has 4 nitrogen and oxygen atoms in total. The fourth-order valence-electron chi connectivity index (χ4n) is 3.76. The second kappa shape index (κ2) is 18.1. The Morgan fingerprint density at radius 1 is 0.857 bits per heavy atom. The van der Waals surface area contributed by atoms with Crippen LogP contribution in [0.25, 0.3) is 0 Å². The molecular formula is C30H43NO3S. The number of carbonyl (C=O) groups is 1. The standard InChI is InChI=1S/C30H43NO3S/c1-3-5-7-9-10-12-14-22-35-30(33)25-15-16-26(29(32)23-25)24-31-27-17-19-28(20-18-27)34-21-13-11-8-6-4-2/h15-20,23-24,32H,3-14,21-22H2,1-2H3. The van der Waals surface area contributed by atoms with Crippen LogP contribution in [0.2, 0.25) is 0 Å². The van der Waals surface area contributed by atoms with Gasteiger partial charge in [0.05, 0.1) is 12.3 Å². The Morgan fingerprint density at radius 3 is 2.14 bits per heavy atom. The molecule has 0 atom stereocenters. The number of hydrogen-bond acceptors (Lipinski definition) is 5. The van der Waals surface area contributed by atoms with Crippen LogP contribution in [0.3, 0.4) is 0 Å². The van der Waals surface area contributed by atoms with Gasteiger partial charge in [0.1, 0.15) is 11.5 Å². The summed E-state index contributed by atoms with van der Waals surface area (Å²) in [5, 5.41) is 10.4. The topological polar surface area (TPSA) is 58.9 Å². The van der Waals surface area contributed by atoms with E-state index in [1.165, 1.54) is 76.0 Å². The van der Waals surface area contributed by atoms with Crippen molar-refractivity contribution in [2.75, 3.05) is 12.4 Å². The van der Waals surface area contributed by atoms with Gasteiger partial charge in [-0.25, -0.2) is 0 Å². The van der Waals surface area contributed by atoms with Gasteiger partial charge in [0.2, 0.25) is 5.12 Å². The average molecular weight is 498 g/mol. The van der Waals surface area contributed by atoms with Gasteiger partial charge >= 0.3 is 0 Å². The molecule has 5 heteroatoms. The van der Waals surface area contributed by atoms with Gasteiger partial charge in [-0.05, 0) is 55.3 Å². The van der Waals surface area contributed by atoms with Crippen LogP contribution < -0.4 is 4.74 Å². The average Bonchev–Trinajstić information content (AvgIpc) is 2.87. The first-order valence-corrected chi connectivity index (χ1v) is 14.4. The Kier molecular flexibility index (Phi) is 14.9. The molecule has 2 rings (SSSR count). The van der Waals surface area contributed by atoms with Crippen LogP contribution in [-0.4, -0.2) is 28.8 Å². The second-order valence-electron chi connectivity index (χ2n) is 9.05. The zero-order valence-electron chi connectivity index (χ0n) is 21.6. The molecule has 0 fully saturated rings. The molecule has 0 saturated heterocycles. The van der Waals surface area contributed by atoms with E-state index in [0.717, 1.165) is 36.6 Å². The van der Waals surface area contributed by atoms with Crippen LogP contribution in [0.5, 0.6) is 11.5 Å². The Morgan fingerprint density at radius 2 is 1.49 bits per heavy atom. The number of carbonyl (C=O) groups excluding carboxylic acids is 1. The molecule has 0 aliphatic rings. The van der Waals surface area contributed by atoms with Crippen LogP contribution in [0.4, 0.5) is 5.69 Å². The number of phenols is 1.